The van der Waals surface area contributed by atoms with Gasteiger partial charge in [-0.2, -0.15) is 0 Å². The first-order chi connectivity index (χ1) is 9.78. The van der Waals surface area contributed by atoms with Crippen LogP contribution in [-0.2, 0) is 6.54 Å². The first kappa shape index (κ1) is 14.4. The fraction of sp³-hybridized carbons (Fsp3) is 0.294. The van der Waals surface area contributed by atoms with Crippen LogP contribution in [0.4, 0.5) is 0 Å². The third-order valence-corrected chi connectivity index (χ3v) is 3.02. The molecule has 2 aromatic carbocycles. The average molecular weight is 271 g/mol. The Balaban J connectivity index is 1.66. The minimum absolute atomic E-state index is 0.651. The third kappa shape index (κ3) is 4.59. The van der Waals surface area contributed by atoms with Crippen LogP contribution in [-0.4, -0.2) is 20.3 Å². The van der Waals surface area contributed by atoms with Crippen molar-refractivity contribution in [3.63, 3.8) is 0 Å². The summed E-state index contributed by atoms with van der Waals surface area (Å²) in [6, 6.07) is 16.1. The minimum Gasteiger partial charge on any atom is -0.497 e. The highest BCUT2D eigenvalue weighted by Gasteiger charge is 1.96. The zero-order valence-corrected chi connectivity index (χ0v) is 12.1. The van der Waals surface area contributed by atoms with E-state index in [1.165, 1.54) is 11.1 Å². The average Bonchev–Trinajstić information content (AvgIpc) is 2.48. The van der Waals surface area contributed by atoms with E-state index in [1.807, 2.05) is 24.3 Å². The van der Waals surface area contributed by atoms with Gasteiger partial charge < -0.3 is 14.8 Å². The van der Waals surface area contributed by atoms with E-state index in [4.69, 9.17) is 9.47 Å². The summed E-state index contributed by atoms with van der Waals surface area (Å²) >= 11 is 0. The summed E-state index contributed by atoms with van der Waals surface area (Å²) < 4.78 is 10.8. The van der Waals surface area contributed by atoms with Crippen LogP contribution in [0.3, 0.4) is 0 Å². The minimum atomic E-state index is 0.651. The summed E-state index contributed by atoms with van der Waals surface area (Å²) in [5, 5.41) is 3.37. The van der Waals surface area contributed by atoms with E-state index in [0.29, 0.717) is 6.61 Å². The fourth-order valence-electron chi connectivity index (χ4n) is 1.97. The number of benzene rings is 2. The molecule has 0 amide bonds. The van der Waals surface area contributed by atoms with Crippen molar-refractivity contribution in [3.05, 3.63) is 59.7 Å². The Hall–Kier alpha value is -2.00. The third-order valence-electron chi connectivity index (χ3n) is 3.02. The molecule has 106 valence electrons. The van der Waals surface area contributed by atoms with E-state index in [-0.39, 0.29) is 0 Å². The van der Waals surface area contributed by atoms with Crippen molar-refractivity contribution in [1.29, 1.82) is 0 Å². The highest BCUT2D eigenvalue weighted by molar-refractivity contribution is 5.31. The number of aryl methyl sites for hydroxylation is 1. The van der Waals surface area contributed by atoms with Crippen LogP contribution in [0.5, 0.6) is 11.5 Å². The Morgan fingerprint density at radius 1 is 1.00 bits per heavy atom. The SMILES string of the molecule is COc1ccc(OCCNCc2cccc(C)c2)cc1. The smallest absolute Gasteiger partial charge is 0.119 e. The van der Waals surface area contributed by atoms with Crippen molar-refractivity contribution < 1.29 is 9.47 Å². The zero-order chi connectivity index (χ0) is 14.2. The lowest BCUT2D eigenvalue weighted by Gasteiger charge is -2.08. The van der Waals surface area contributed by atoms with Gasteiger partial charge in [0.05, 0.1) is 7.11 Å². The maximum Gasteiger partial charge on any atom is 0.119 e. The highest BCUT2D eigenvalue weighted by Crippen LogP contribution is 2.16. The van der Waals surface area contributed by atoms with Gasteiger partial charge in [-0.3, -0.25) is 0 Å². The van der Waals surface area contributed by atoms with Crippen LogP contribution in [0.25, 0.3) is 0 Å². The van der Waals surface area contributed by atoms with Gasteiger partial charge in [-0.25, -0.2) is 0 Å². The van der Waals surface area contributed by atoms with Crippen LogP contribution in [0.15, 0.2) is 48.5 Å². The van der Waals surface area contributed by atoms with Gasteiger partial charge in [-0.1, -0.05) is 29.8 Å². The van der Waals surface area contributed by atoms with Crippen molar-refractivity contribution in [2.45, 2.75) is 13.5 Å². The fourth-order valence-corrected chi connectivity index (χ4v) is 1.97. The van der Waals surface area contributed by atoms with E-state index >= 15 is 0 Å². The summed E-state index contributed by atoms with van der Waals surface area (Å²) in [5.74, 6) is 1.71. The summed E-state index contributed by atoms with van der Waals surface area (Å²) in [6.45, 7) is 4.45. The number of rotatable bonds is 7. The summed E-state index contributed by atoms with van der Waals surface area (Å²) in [6.07, 6.45) is 0. The molecule has 2 aromatic rings. The van der Waals surface area contributed by atoms with E-state index in [9.17, 15) is 0 Å². The van der Waals surface area contributed by atoms with E-state index < -0.39 is 0 Å². The number of methoxy groups -OCH3 is 1. The Morgan fingerprint density at radius 2 is 1.75 bits per heavy atom. The second kappa shape index (κ2) is 7.56. The predicted molar refractivity (Wildman–Crippen MR) is 81.4 cm³/mol. The molecule has 3 heteroatoms. The first-order valence-corrected chi connectivity index (χ1v) is 6.81. The van der Waals surface area contributed by atoms with Gasteiger partial charge in [0.2, 0.25) is 0 Å². The first-order valence-electron chi connectivity index (χ1n) is 6.81. The molecule has 2 rings (SSSR count). The molecular formula is C17H21NO2. The Kier molecular flexibility index (Phi) is 5.44. The molecule has 0 aliphatic carbocycles. The molecule has 20 heavy (non-hydrogen) atoms. The van der Waals surface area contributed by atoms with Crippen LogP contribution < -0.4 is 14.8 Å². The van der Waals surface area contributed by atoms with Crippen LogP contribution in [0, 0.1) is 6.92 Å². The van der Waals surface area contributed by atoms with Crippen molar-refractivity contribution in [1.82, 2.24) is 5.32 Å². The quantitative estimate of drug-likeness (QED) is 0.785. The molecule has 0 aliphatic rings. The molecule has 3 nitrogen and oxygen atoms in total. The standard InChI is InChI=1S/C17H21NO2/c1-14-4-3-5-15(12-14)13-18-10-11-20-17-8-6-16(19-2)7-9-17/h3-9,12,18H,10-11,13H2,1-2H3. The number of ether oxygens (including phenoxy) is 2. The van der Waals surface area contributed by atoms with Crippen LogP contribution in [0.2, 0.25) is 0 Å². The Morgan fingerprint density at radius 3 is 2.45 bits per heavy atom. The second-order valence-electron chi connectivity index (χ2n) is 4.69. The largest absolute Gasteiger partial charge is 0.497 e. The maximum atomic E-state index is 5.65. The van der Waals surface area contributed by atoms with E-state index in [2.05, 4.69) is 36.5 Å². The number of hydrogen-bond donors (Lipinski definition) is 1. The normalized spacial score (nSPS) is 10.3. The number of hydrogen-bond acceptors (Lipinski definition) is 3. The summed E-state index contributed by atoms with van der Waals surface area (Å²) in [4.78, 5) is 0. The van der Waals surface area contributed by atoms with Crippen LogP contribution >= 0.6 is 0 Å². The van der Waals surface area contributed by atoms with Gasteiger partial charge >= 0.3 is 0 Å². The molecule has 0 saturated heterocycles. The molecule has 0 bridgehead atoms. The molecule has 0 spiro atoms. The monoisotopic (exact) mass is 271 g/mol. The van der Waals surface area contributed by atoms with Gasteiger partial charge in [0.15, 0.2) is 0 Å². The highest BCUT2D eigenvalue weighted by atomic mass is 16.5. The Labute approximate surface area is 120 Å². The molecule has 0 aliphatic heterocycles. The molecule has 0 heterocycles. The second-order valence-corrected chi connectivity index (χ2v) is 4.69. The van der Waals surface area contributed by atoms with Gasteiger partial charge in [0.1, 0.15) is 18.1 Å². The van der Waals surface area contributed by atoms with E-state index in [1.54, 1.807) is 7.11 Å². The molecule has 0 saturated carbocycles. The molecule has 1 N–H and O–H groups in total. The zero-order valence-electron chi connectivity index (χ0n) is 12.1. The molecule has 0 unspecified atom stereocenters. The lowest BCUT2D eigenvalue weighted by molar-refractivity contribution is 0.313. The van der Waals surface area contributed by atoms with Gasteiger partial charge in [-0.05, 0) is 36.8 Å². The predicted octanol–water partition coefficient (Wildman–Crippen LogP) is 3.17. The molecule has 0 radical (unpaired) electrons. The van der Waals surface area contributed by atoms with Crippen molar-refractivity contribution >= 4 is 0 Å². The summed E-state index contributed by atoms with van der Waals surface area (Å²) in [7, 11) is 1.66. The summed E-state index contributed by atoms with van der Waals surface area (Å²) in [5.41, 5.74) is 2.59. The van der Waals surface area contributed by atoms with Crippen molar-refractivity contribution in [3.8, 4) is 11.5 Å². The molecule has 0 fully saturated rings. The molecular weight excluding hydrogens is 250 g/mol. The topological polar surface area (TPSA) is 30.5 Å². The Bertz CT molecular complexity index is 523. The number of nitrogens with one attached hydrogen (secondary N) is 1. The molecule has 0 atom stereocenters. The van der Waals surface area contributed by atoms with Crippen molar-refractivity contribution in [2.24, 2.45) is 0 Å². The lowest BCUT2D eigenvalue weighted by Crippen LogP contribution is -2.20. The van der Waals surface area contributed by atoms with Crippen LogP contribution in [0.1, 0.15) is 11.1 Å². The van der Waals surface area contributed by atoms with Gasteiger partial charge in [0.25, 0.3) is 0 Å². The van der Waals surface area contributed by atoms with Gasteiger partial charge in [0, 0.05) is 13.1 Å². The van der Waals surface area contributed by atoms with Gasteiger partial charge in [-0.15, -0.1) is 0 Å². The van der Waals surface area contributed by atoms with E-state index in [0.717, 1.165) is 24.6 Å². The van der Waals surface area contributed by atoms with Crippen molar-refractivity contribution in [2.75, 3.05) is 20.3 Å². The lowest BCUT2D eigenvalue weighted by atomic mass is 10.1. The molecule has 0 aromatic heterocycles. The maximum absolute atomic E-state index is 5.65.